The highest BCUT2D eigenvalue weighted by molar-refractivity contribution is 7.98. The Morgan fingerprint density at radius 1 is 1.10 bits per heavy atom. The third kappa shape index (κ3) is 5.12. The standard InChI is InChI=1S/C18H18O2S/c1-20-18(19)13-12-17(16-10-6-3-7-11-16)21-14-15-8-4-2-5-9-15/h2-13,17H,14H2,1H3/b13-12+. The molecule has 108 valence electrons. The molecule has 0 bridgehead atoms. The van der Waals surface area contributed by atoms with Gasteiger partial charge in [-0.2, -0.15) is 0 Å². The maximum Gasteiger partial charge on any atom is 0.330 e. The van der Waals surface area contributed by atoms with E-state index >= 15 is 0 Å². The Morgan fingerprint density at radius 3 is 2.33 bits per heavy atom. The molecule has 0 fully saturated rings. The molecule has 2 aromatic carbocycles. The van der Waals surface area contributed by atoms with Gasteiger partial charge in [-0.15, -0.1) is 11.8 Å². The van der Waals surface area contributed by atoms with E-state index in [1.807, 2.05) is 42.5 Å². The van der Waals surface area contributed by atoms with E-state index in [1.54, 1.807) is 11.8 Å². The van der Waals surface area contributed by atoms with E-state index in [4.69, 9.17) is 0 Å². The summed E-state index contributed by atoms with van der Waals surface area (Å²) < 4.78 is 4.66. The van der Waals surface area contributed by atoms with Gasteiger partial charge in [0.15, 0.2) is 0 Å². The molecule has 2 rings (SSSR count). The maximum atomic E-state index is 11.3. The highest BCUT2D eigenvalue weighted by atomic mass is 32.2. The van der Waals surface area contributed by atoms with Crippen molar-refractivity contribution in [3.8, 4) is 0 Å². The van der Waals surface area contributed by atoms with Gasteiger partial charge in [0.2, 0.25) is 0 Å². The van der Waals surface area contributed by atoms with Gasteiger partial charge in [-0.25, -0.2) is 4.79 Å². The van der Waals surface area contributed by atoms with Crippen LogP contribution in [0.1, 0.15) is 16.4 Å². The van der Waals surface area contributed by atoms with E-state index in [9.17, 15) is 4.79 Å². The lowest BCUT2D eigenvalue weighted by Crippen LogP contribution is -1.97. The van der Waals surface area contributed by atoms with Crippen molar-refractivity contribution in [3.05, 3.63) is 83.9 Å². The summed E-state index contributed by atoms with van der Waals surface area (Å²) in [5.74, 6) is 0.572. The smallest absolute Gasteiger partial charge is 0.330 e. The fourth-order valence-corrected chi connectivity index (χ4v) is 3.00. The van der Waals surface area contributed by atoms with Gasteiger partial charge in [0.25, 0.3) is 0 Å². The Morgan fingerprint density at radius 2 is 1.71 bits per heavy atom. The van der Waals surface area contributed by atoms with E-state index in [-0.39, 0.29) is 11.2 Å². The van der Waals surface area contributed by atoms with Crippen molar-refractivity contribution in [2.75, 3.05) is 7.11 Å². The van der Waals surface area contributed by atoms with Gasteiger partial charge in [-0.05, 0) is 11.1 Å². The Hall–Kier alpha value is -2.00. The van der Waals surface area contributed by atoms with Crippen LogP contribution in [0.15, 0.2) is 72.8 Å². The molecule has 1 unspecified atom stereocenters. The minimum Gasteiger partial charge on any atom is -0.466 e. The van der Waals surface area contributed by atoms with Gasteiger partial charge in [-0.3, -0.25) is 0 Å². The lowest BCUT2D eigenvalue weighted by Gasteiger charge is -2.13. The van der Waals surface area contributed by atoms with Crippen molar-refractivity contribution in [1.29, 1.82) is 0 Å². The van der Waals surface area contributed by atoms with Gasteiger partial charge < -0.3 is 4.74 Å². The van der Waals surface area contributed by atoms with Crippen molar-refractivity contribution in [3.63, 3.8) is 0 Å². The number of carbonyl (C=O) groups excluding carboxylic acids is 1. The molecule has 0 radical (unpaired) electrons. The molecule has 2 nitrogen and oxygen atoms in total. The van der Waals surface area contributed by atoms with Crippen molar-refractivity contribution < 1.29 is 9.53 Å². The summed E-state index contributed by atoms with van der Waals surface area (Å²) in [5, 5.41) is 0.130. The fourth-order valence-electron chi connectivity index (χ4n) is 1.90. The molecule has 0 aromatic heterocycles. The first-order chi connectivity index (χ1) is 10.3. The van der Waals surface area contributed by atoms with Crippen LogP contribution in [-0.2, 0) is 15.3 Å². The van der Waals surface area contributed by atoms with Gasteiger partial charge in [-0.1, -0.05) is 66.7 Å². The Balaban J connectivity index is 2.09. The molecule has 0 spiro atoms. The maximum absolute atomic E-state index is 11.3. The van der Waals surface area contributed by atoms with E-state index in [2.05, 4.69) is 29.0 Å². The summed E-state index contributed by atoms with van der Waals surface area (Å²) in [7, 11) is 1.39. The first kappa shape index (κ1) is 15.4. The summed E-state index contributed by atoms with van der Waals surface area (Å²) in [6, 6.07) is 20.5. The third-order valence-corrected chi connectivity index (χ3v) is 4.30. The van der Waals surface area contributed by atoms with Crippen LogP contribution in [0.25, 0.3) is 0 Å². The van der Waals surface area contributed by atoms with Crippen LogP contribution in [0.5, 0.6) is 0 Å². The molecule has 0 aliphatic rings. The summed E-state index contributed by atoms with van der Waals surface area (Å²) in [6.07, 6.45) is 3.39. The predicted molar refractivity (Wildman–Crippen MR) is 88.1 cm³/mol. The van der Waals surface area contributed by atoms with Gasteiger partial charge >= 0.3 is 5.97 Å². The van der Waals surface area contributed by atoms with Gasteiger partial charge in [0, 0.05) is 17.1 Å². The first-order valence-electron chi connectivity index (χ1n) is 6.76. The molecule has 0 heterocycles. The molecule has 0 amide bonds. The zero-order valence-corrected chi connectivity index (χ0v) is 12.8. The Bertz CT molecular complexity index is 579. The highest BCUT2D eigenvalue weighted by Crippen LogP contribution is 2.32. The van der Waals surface area contributed by atoms with Crippen LogP contribution < -0.4 is 0 Å². The van der Waals surface area contributed by atoms with E-state index < -0.39 is 0 Å². The zero-order valence-electron chi connectivity index (χ0n) is 11.9. The topological polar surface area (TPSA) is 26.3 Å². The summed E-state index contributed by atoms with van der Waals surface area (Å²) in [5.41, 5.74) is 2.45. The molecule has 0 saturated heterocycles. The molecule has 21 heavy (non-hydrogen) atoms. The Labute approximate surface area is 129 Å². The SMILES string of the molecule is COC(=O)/C=C/C(SCc1ccccc1)c1ccccc1. The van der Waals surface area contributed by atoms with Gasteiger partial charge in [0.05, 0.1) is 7.11 Å². The summed E-state index contributed by atoms with van der Waals surface area (Å²) >= 11 is 1.79. The molecule has 3 heteroatoms. The molecule has 0 aliphatic heterocycles. The summed E-state index contributed by atoms with van der Waals surface area (Å²) in [4.78, 5) is 11.3. The predicted octanol–water partition coefficient (Wildman–Crippen LogP) is 4.39. The second kappa shape index (κ2) is 8.32. The van der Waals surface area contributed by atoms with Crippen molar-refractivity contribution >= 4 is 17.7 Å². The fraction of sp³-hybridized carbons (Fsp3) is 0.167. The second-order valence-electron chi connectivity index (χ2n) is 4.51. The number of rotatable bonds is 6. The molecule has 1 atom stereocenters. The molecule has 0 aliphatic carbocycles. The lowest BCUT2D eigenvalue weighted by atomic mass is 10.1. The van der Waals surface area contributed by atoms with Crippen LogP contribution >= 0.6 is 11.8 Å². The normalized spacial score (nSPS) is 12.2. The van der Waals surface area contributed by atoms with Crippen LogP contribution in [0.2, 0.25) is 0 Å². The zero-order chi connectivity index (χ0) is 14.9. The van der Waals surface area contributed by atoms with Crippen LogP contribution in [0.3, 0.4) is 0 Å². The number of esters is 1. The monoisotopic (exact) mass is 298 g/mol. The van der Waals surface area contributed by atoms with Crippen molar-refractivity contribution in [2.45, 2.75) is 11.0 Å². The minimum atomic E-state index is -0.323. The number of benzene rings is 2. The second-order valence-corrected chi connectivity index (χ2v) is 5.64. The minimum absolute atomic E-state index is 0.130. The quantitative estimate of drug-likeness (QED) is 0.584. The van der Waals surface area contributed by atoms with Crippen LogP contribution in [0, 0.1) is 0 Å². The number of carbonyl (C=O) groups is 1. The average molecular weight is 298 g/mol. The van der Waals surface area contributed by atoms with Crippen molar-refractivity contribution in [1.82, 2.24) is 0 Å². The van der Waals surface area contributed by atoms with E-state index in [1.165, 1.54) is 24.3 Å². The van der Waals surface area contributed by atoms with Crippen LogP contribution in [-0.4, -0.2) is 13.1 Å². The number of hydrogen-bond acceptors (Lipinski definition) is 3. The van der Waals surface area contributed by atoms with Crippen LogP contribution in [0.4, 0.5) is 0 Å². The average Bonchev–Trinajstić information content (AvgIpc) is 2.56. The summed E-state index contributed by atoms with van der Waals surface area (Å²) in [6.45, 7) is 0. The molecule has 0 N–H and O–H groups in total. The molecular weight excluding hydrogens is 280 g/mol. The molecule has 2 aromatic rings. The van der Waals surface area contributed by atoms with Gasteiger partial charge in [0.1, 0.15) is 0 Å². The van der Waals surface area contributed by atoms with Crippen molar-refractivity contribution in [2.24, 2.45) is 0 Å². The third-order valence-electron chi connectivity index (χ3n) is 3.01. The lowest BCUT2D eigenvalue weighted by molar-refractivity contribution is -0.134. The first-order valence-corrected chi connectivity index (χ1v) is 7.81. The number of hydrogen-bond donors (Lipinski definition) is 0. The Kier molecular flexibility index (Phi) is 6.10. The number of thioether (sulfide) groups is 1. The molecule has 0 saturated carbocycles. The number of ether oxygens (including phenoxy) is 1. The van der Waals surface area contributed by atoms with E-state index in [0.29, 0.717) is 0 Å². The van der Waals surface area contributed by atoms with E-state index in [0.717, 1.165) is 5.75 Å². The number of methoxy groups -OCH3 is 1. The largest absolute Gasteiger partial charge is 0.466 e. The molecular formula is C18H18O2S. The highest BCUT2D eigenvalue weighted by Gasteiger charge is 2.09.